The van der Waals surface area contributed by atoms with Crippen LogP contribution in [0.25, 0.3) is 0 Å². The summed E-state index contributed by atoms with van der Waals surface area (Å²) in [6.07, 6.45) is 3.11. The molecule has 1 aliphatic carbocycles. The minimum Gasteiger partial charge on any atom is -0.493 e. The molecule has 1 fully saturated rings. The lowest BCUT2D eigenvalue weighted by atomic mass is 9.78. The van der Waals surface area contributed by atoms with Crippen LogP contribution in [0.3, 0.4) is 0 Å². The fraction of sp³-hybridized carbons (Fsp3) is 0.625. The highest BCUT2D eigenvalue weighted by Crippen LogP contribution is 2.32. The molecule has 1 aromatic rings. The number of hydrogen-bond donors (Lipinski definition) is 1. The lowest BCUT2D eigenvalue weighted by Crippen LogP contribution is -2.43. The largest absolute Gasteiger partial charge is 0.493 e. The van der Waals surface area contributed by atoms with Crippen molar-refractivity contribution in [3.05, 3.63) is 18.2 Å². The molecule has 2 rings (SSSR count). The molecule has 0 spiro atoms. The van der Waals surface area contributed by atoms with Crippen molar-refractivity contribution in [3.8, 4) is 11.5 Å². The molecule has 0 bridgehead atoms. The number of rotatable bonds is 5. The van der Waals surface area contributed by atoms with E-state index in [1.54, 1.807) is 12.1 Å². The lowest BCUT2D eigenvalue weighted by Gasteiger charge is -2.34. The Balaban J connectivity index is 2.23. The second-order valence-electron chi connectivity index (χ2n) is 6.01. The van der Waals surface area contributed by atoms with Gasteiger partial charge in [0.05, 0.1) is 19.1 Å². The molecule has 22 heavy (non-hydrogen) atoms. The molecule has 0 heterocycles. The summed E-state index contributed by atoms with van der Waals surface area (Å²) in [6.45, 7) is 4.30. The monoisotopic (exact) mass is 327 g/mol. The van der Waals surface area contributed by atoms with Crippen molar-refractivity contribution in [2.75, 3.05) is 14.2 Å². The smallest absolute Gasteiger partial charge is 0.240 e. The maximum Gasteiger partial charge on any atom is 0.240 e. The standard InChI is InChI=1S/C16H25NO4S/c1-11-6-5-7-14(12(11)2)17-22(18,19)13-8-9-15(20-3)16(10-13)21-4/h8-12,14,17H,5-7H2,1-4H3/t11-,12-,14-/m1/s1. The molecule has 1 aliphatic rings. The molecule has 0 saturated heterocycles. The molecule has 1 saturated carbocycles. The van der Waals surface area contributed by atoms with Gasteiger partial charge in [-0.15, -0.1) is 0 Å². The van der Waals surface area contributed by atoms with E-state index in [2.05, 4.69) is 18.6 Å². The quantitative estimate of drug-likeness (QED) is 0.903. The molecule has 0 unspecified atom stereocenters. The number of methoxy groups -OCH3 is 2. The molecule has 0 aromatic heterocycles. The van der Waals surface area contributed by atoms with Crippen molar-refractivity contribution >= 4 is 10.0 Å². The van der Waals surface area contributed by atoms with E-state index in [1.165, 1.54) is 20.3 Å². The van der Waals surface area contributed by atoms with Gasteiger partial charge in [0, 0.05) is 12.1 Å². The van der Waals surface area contributed by atoms with Gasteiger partial charge in [-0.2, -0.15) is 0 Å². The summed E-state index contributed by atoms with van der Waals surface area (Å²) in [5.41, 5.74) is 0. The third kappa shape index (κ3) is 3.55. The topological polar surface area (TPSA) is 64.6 Å². The first-order valence-electron chi connectivity index (χ1n) is 7.63. The van der Waals surface area contributed by atoms with Crippen LogP contribution in [0.1, 0.15) is 33.1 Å². The summed E-state index contributed by atoms with van der Waals surface area (Å²) in [6, 6.07) is 4.64. The zero-order chi connectivity index (χ0) is 16.3. The Morgan fingerprint density at radius 2 is 1.77 bits per heavy atom. The van der Waals surface area contributed by atoms with Gasteiger partial charge in [-0.3, -0.25) is 0 Å². The van der Waals surface area contributed by atoms with E-state index in [4.69, 9.17) is 9.47 Å². The zero-order valence-electron chi connectivity index (χ0n) is 13.6. The molecule has 0 aliphatic heterocycles. The van der Waals surface area contributed by atoms with Crippen LogP contribution in [0.15, 0.2) is 23.1 Å². The molecule has 0 amide bonds. The van der Waals surface area contributed by atoms with Crippen molar-refractivity contribution in [1.29, 1.82) is 0 Å². The molecule has 3 atom stereocenters. The van der Waals surface area contributed by atoms with E-state index in [1.807, 2.05) is 0 Å². The van der Waals surface area contributed by atoms with Crippen molar-refractivity contribution in [1.82, 2.24) is 4.72 Å². The van der Waals surface area contributed by atoms with Gasteiger partial charge in [0.2, 0.25) is 10.0 Å². The molecular formula is C16H25NO4S. The Labute approximate surface area is 133 Å². The van der Waals surface area contributed by atoms with Gasteiger partial charge in [-0.25, -0.2) is 13.1 Å². The molecular weight excluding hydrogens is 302 g/mol. The number of ether oxygens (including phenoxy) is 2. The highest BCUT2D eigenvalue weighted by Gasteiger charge is 2.31. The number of benzene rings is 1. The average molecular weight is 327 g/mol. The Morgan fingerprint density at radius 3 is 2.41 bits per heavy atom. The normalized spacial score (nSPS) is 25.7. The second-order valence-corrected chi connectivity index (χ2v) is 7.73. The van der Waals surface area contributed by atoms with Crippen molar-refractivity contribution in [3.63, 3.8) is 0 Å². The molecule has 0 radical (unpaired) electrons. The highest BCUT2D eigenvalue weighted by atomic mass is 32.2. The predicted octanol–water partition coefficient (Wildman–Crippen LogP) is 2.81. The second kappa shape index (κ2) is 6.87. The van der Waals surface area contributed by atoms with Gasteiger partial charge >= 0.3 is 0 Å². The summed E-state index contributed by atoms with van der Waals surface area (Å²) >= 11 is 0. The van der Waals surface area contributed by atoms with Crippen LogP contribution in [-0.2, 0) is 10.0 Å². The van der Waals surface area contributed by atoms with Crippen LogP contribution in [0.2, 0.25) is 0 Å². The number of nitrogens with one attached hydrogen (secondary N) is 1. The molecule has 124 valence electrons. The summed E-state index contributed by atoms with van der Waals surface area (Å²) in [5.74, 6) is 1.80. The van der Waals surface area contributed by atoms with Gasteiger partial charge in [0.15, 0.2) is 11.5 Å². The SMILES string of the molecule is COc1ccc(S(=O)(=O)N[C@@H]2CCC[C@@H](C)[C@H]2C)cc1OC. The molecule has 5 nitrogen and oxygen atoms in total. The maximum atomic E-state index is 12.6. The van der Waals surface area contributed by atoms with E-state index in [9.17, 15) is 8.42 Å². The highest BCUT2D eigenvalue weighted by molar-refractivity contribution is 7.89. The van der Waals surface area contributed by atoms with Crippen molar-refractivity contribution in [2.45, 2.75) is 44.0 Å². The Morgan fingerprint density at radius 1 is 1.09 bits per heavy atom. The third-order valence-electron chi connectivity index (χ3n) is 4.68. The Bertz CT molecular complexity index is 615. The molecule has 1 N–H and O–H groups in total. The summed E-state index contributed by atoms with van der Waals surface area (Å²) < 4.78 is 38.4. The van der Waals surface area contributed by atoms with Gasteiger partial charge < -0.3 is 9.47 Å². The molecule has 1 aromatic carbocycles. The van der Waals surface area contributed by atoms with Crippen LogP contribution in [-0.4, -0.2) is 28.7 Å². The van der Waals surface area contributed by atoms with E-state index >= 15 is 0 Å². The van der Waals surface area contributed by atoms with E-state index in [-0.39, 0.29) is 10.9 Å². The fourth-order valence-electron chi connectivity index (χ4n) is 3.00. The Kier molecular flexibility index (Phi) is 5.34. The van der Waals surface area contributed by atoms with Crippen LogP contribution in [0.4, 0.5) is 0 Å². The summed E-state index contributed by atoms with van der Waals surface area (Å²) in [5, 5.41) is 0. The van der Waals surface area contributed by atoms with Crippen molar-refractivity contribution in [2.24, 2.45) is 11.8 Å². The minimum atomic E-state index is -3.56. The lowest BCUT2D eigenvalue weighted by molar-refractivity contribution is 0.227. The van der Waals surface area contributed by atoms with E-state index in [0.717, 1.165) is 19.3 Å². The average Bonchev–Trinajstić information content (AvgIpc) is 2.51. The minimum absolute atomic E-state index is 0.0122. The molecule has 6 heteroatoms. The fourth-order valence-corrected chi connectivity index (χ4v) is 4.38. The number of hydrogen-bond acceptors (Lipinski definition) is 4. The predicted molar refractivity (Wildman–Crippen MR) is 85.8 cm³/mol. The van der Waals surface area contributed by atoms with Crippen LogP contribution >= 0.6 is 0 Å². The van der Waals surface area contributed by atoms with Crippen LogP contribution in [0, 0.1) is 11.8 Å². The van der Waals surface area contributed by atoms with Crippen LogP contribution in [0.5, 0.6) is 11.5 Å². The number of sulfonamides is 1. The summed E-state index contributed by atoms with van der Waals surface area (Å²) in [7, 11) is -0.544. The van der Waals surface area contributed by atoms with Crippen molar-refractivity contribution < 1.29 is 17.9 Å². The maximum absolute atomic E-state index is 12.6. The first kappa shape index (κ1) is 17.1. The summed E-state index contributed by atoms with van der Waals surface area (Å²) in [4.78, 5) is 0.204. The third-order valence-corrected chi connectivity index (χ3v) is 6.17. The first-order valence-corrected chi connectivity index (χ1v) is 9.11. The van der Waals surface area contributed by atoms with E-state index < -0.39 is 10.0 Å². The zero-order valence-corrected chi connectivity index (χ0v) is 14.4. The van der Waals surface area contributed by atoms with Crippen LogP contribution < -0.4 is 14.2 Å². The van der Waals surface area contributed by atoms with Gasteiger partial charge in [0.1, 0.15) is 0 Å². The van der Waals surface area contributed by atoms with E-state index in [0.29, 0.717) is 23.3 Å². The van der Waals surface area contributed by atoms with Gasteiger partial charge in [-0.1, -0.05) is 26.7 Å². The van der Waals surface area contributed by atoms with Gasteiger partial charge in [-0.05, 0) is 30.4 Å². The van der Waals surface area contributed by atoms with Gasteiger partial charge in [0.25, 0.3) is 0 Å². The Hall–Kier alpha value is -1.27. The first-order chi connectivity index (χ1) is 10.4.